The zero-order chi connectivity index (χ0) is 12.8. The van der Waals surface area contributed by atoms with Crippen molar-refractivity contribution < 1.29 is 24.2 Å². The first-order valence-corrected chi connectivity index (χ1v) is 4.76. The lowest BCUT2D eigenvalue weighted by atomic mass is 10.2. The van der Waals surface area contributed by atoms with E-state index in [2.05, 4.69) is 10.1 Å². The van der Waals surface area contributed by atoms with E-state index in [0.717, 1.165) is 6.92 Å². The predicted molar refractivity (Wildman–Crippen MR) is 57.1 cm³/mol. The van der Waals surface area contributed by atoms with Crippen molar-refractivity contribution in [1.82, 2.24) is 5.32 Å². The zero-order valence-electron chi connectivity index (χ0n) is 9.04. The summed E-state index contributed by atoms with van der Waals surface area (Å²) in [7, 11) is 0. The van der Waals surface area contributed by atoms with Crippen molar-refractivity contribution in [3.05, 3.63) is 35.9 Å². The molecule has 0 saturated carbocycles. The molecule has 1 amide bonds. The number of rotatable bonds is 4. The molecule has 17 heavy (non-hydrogen) atoms. The van der Waals surface area contributed by atoms with Crippen LogP contribution in [-0.2, 0) is 14.3 Å². The Morgan fingerprint density at radius 3 is 2.29 bits per heavy atom. The van der Waals surface area contributed by atoms with Gasteiger partial charge in [-0.1, -0.05) is 18.2 Å². The van der Waals surface area contributed by atoms with Gasteiger partial charge in [0.05, 0.1) is 0 Å². The molecule has 0 bridgehead atoms. The minimum absolute atomic E-state index is 0.283. The summed E-state index contributed by atoms with van der Waals surface area (Å²) in [6.45, 7) is 1.06. The molecule has 0 aromatic heterocycles. The van der Waals surface area contributed by atoms with Crippen LogP contribution in [0.3, 0.4) is 0 Å². The number of carbonyl (C=O) groups is 3. The van der Waals surface area contributed by atoms with Crippen LogP contribution in [0.1, 0.15) is 17.3 Å². The third-order valence-electron chi connectivity index (χ3n) is 1.81. The fourth-order valence-corrected chi connectivity index (χ4v) is 1.10. The van der Waals surface area contributed by atoms with Crippen LogP contribution < -0.4 is 5.32 Å². The molecule has 1 aromatic rings. The number of aliphatic carboxylic acids is 1. The molecule has 0 spiro atoms. The Morgan fingerprint density at radius 1 is 1.24 bits per heavy atom. The first-order valence-electron chi connectivity index (χ1n) is 4.76. The van der Waals surface area contributed by atoms with Crippen molar-refractivity contribution in [2.45, 2.75) is 13.2 Å². The number of carboxylic acids is 1. The fraction of sp³-hybridized carbons (Fsp3) is 0.182. The van der Waals surface area contributed by atoms with Crippen LogP contribution in [0.5, 0.6) is 0 Å². The second-order valence-corrected chi connectivity index (χ2v) is 3.17. The van der Waals surface area contributed by atoms with Gasteiger partial charge in [-0.2, -0.15) is 0 Å². The van der Waals surface area contributed by atoms with Gasteiger partial charge in [0.2, 0.25) is 0 Å². The Hall–Kier alpha value is -2.37. The zero-order valence-corrected chi connectivity index (χ0v) is 9.04. The van der Waals surface area contributed by atoms with Crippen molar-refractivity contribution in [3.8, 4) is 0 Å². The molecule has 1 atom stereocenters. The number of amides is 1. The number of ether oxygens (including phenoxy) is 1. The van der Waals surface area contributed by atoms with Crippen molar-refractivity contribution in [2.75, 3.05) is 0 Å². The van der Waals surface area contributed by atoms with E-state index in [4.69, 9.17) is 5.11 Å². The van der Waals surface area contributed by atoms with Gasteiger partial charge in [-0.25, -0.2) is 4.79 Å². The predicted octanol–water partition coefficient (Wildman–Crippen LogP) is 0.390. The van der Waals surface area contributed by atoms with Crippen molar-refractivity contribution in [2.24, 2.45) is 0 Å². The summed E-state index contributed by atoms with van der Waals surface area (Å²) < 4.78 is 4.43. The highest BCUT2D eigenvalue weighted by Gasteiger charge is 2.23. The maximum absolute atomic E-state index is 11.6. The van der Waals surface area contributed by atoms with Gasteiger partial charge < -0.3 is 15.2 Å². The quantitative estimate of drug-likeness (QED) is 0.583. The van der Waals surface area contributed by atoms with Gasteiger partial charge in [0, 0.05) is 12.5 Å². The van der Waals surface area contributed by atoms with Crippen LogP contribution in [0, 0.1) is 0 Å². The number of carboxylic acid groups (broad SMARTS) is 1. The number of hydrogen-bond donors (Lipinski definition) is 2. The summed E-state index contributed by atoms with van der Waals surface area (Å²) in [5, 5.41) is 10.8. The van der Waals surface area contributed by atoms with Gasteiger partial charge in [0.15, 0.2) is 0 Å². The van der Waals surface area contributed by atoms with E-state index in [9.17, 15) is 14.4 Å². The van der Waals surface area contributed by atoms with E-state index in [-0.39, 0.29) is 5.56 Å². The molecule has 0 radical (unpaired) electrons. The number of benzene rings is 1. The molecule has 0 saturated heterocycles. The Labute approximate surface area is 97.2 Å². The van der Waals surface area contributed by atoms with Gasteiger partial charge in [-0.15, -0.1) is 0 Å². The molecule has 1 aromatic carbocycles. The molecule has 6 heteroatoms. The van der Waals surface area contributed by atoms with E-state index < -0.39 is 24.1 Å². The highest BCUT2D eigenvalue weighted by atomic mass is 16.6. The summed E-state index contributed by atoms with van der Waals surface area (Å²) in [6.07, 6.45) is -1.68. The van der Waals surface area contributed by atoms with E-state index in [1.54, 1.807) is 18.2 Å². The maximum atomic E-state index is 11.6. The van der Waals surface area contributed by atoms with Crippen LogP contribution in [-0.4, -0.2) is 29.2 Å². The molecule has 0 aliphatic carbocycles. The lowest BCUT2D eigenvalue weighted by molar-refractivity contribution is -0.163. The topological polar surface area (TPSA) is 92.7 Å². The lowest BCUT2D eigenvalue weighted by Gasteiger charge is -2.13. The van der Waals surface area contributed by atoms with Crippen molar-refractivity contribution >= 4 is 17.8 Å². The standard InChI is InChI=1S/C11H11NO5/c1-7(13)17-10(11(15)16)12-9(14)8-5-3-2-4-6-8/h2-6,10H,1H3,(H,12,14)(H,15,16). The highest BCUT2D eigenvalue weighted by molar-refractivity contribution is 5.96. The van der Waals surface area contributed by atoms with Gasteiger partial charge >= 0.3 is 11.9 Å². The molecule has 0 aliphatic heterocycles. The Kier molecular flexibility index (Phi) is 4.21. The van der Waals surface area contributed by atoms with Crippen LogP contribution in [0.2, 0.25) is 0 Å². The number of hydrogen-bond acceptors (Lipinski definition) is 4. The van der Waals surface area contributed by atoms with Crippen LogP contribution in [0.25, 0.3) is 0 Å². The molecule has 2 N–H and O–H groups in total. The summed E-state index contributed by atoms with van der Waals surface area (Å²) in [5.74, 6) is -2.85. The normalized spacial score (nSPS) is 11.4. The van der Waals surface area contributed by atoms with Crippen LogP contribution in [0.4, 0.5) is 0 Å². The smallest absolute Gasteiger partial charge is 0.366 e. The molecule has 1 unspecified atom stereocenters. The highest BCUT2D eigenvalue weighted by Crippen LogP contribution is 1.99. The van der Waals surface area contributed by atoms with Gasteiger partial charge in [0.1, 0.15) is 0 Å². The summed E-state index contributed by atoms with van der Waals surface area (Å²) in [6, 6.07) is 8.02. The minimum atomic E-state index is -1.68. The number of esters is 1. The SMILES string of the molecule is CC(=O)OC(NC(=O)c1ccccc1)C(=O)O. The van der Waals surface area contributed by atoms with Gasteiger partial charge in [-0.3, -0.25) is 9.59 Å². The van der Waals surface area contributed by atoms with E-state index >= 15 is 0 Å². The Balaban J connectivity index is 2.71. The Morgan fingerprint density at radius 2 is 1.82 bits per heavy atom. The fourth-order valence-electron chi connectivity index (χ4n) is 1.10. The molecular formula is C11H11NO5. The van der Waals surface area contributed by atoms with Crippen molar-refractivity contribution in [3.63, 3.8) is 0 Å². The largest absolute Gasteiger partial charge is 0.477 e. The van der Waals surface area contributed by atoms with E-state index in [1.807, 2.05) is 0 Å². The molecular weight excluding hydrogens is 226 g/mol. The summed E-state index contributed by atoms with van der Waals surface area (Å²) in [4.78, 5) is 32.9. The molecule has 0 aliphatic rings. The molecule has 0 fully saturated rings. The van der Waals surface area contributed by atoms with Gasteiger partial charge in [0.25, 0.3) is 12.1 Å². The van der Waals surface area contributed by atoms with E-state index in [1.165, 1.54) is 12.1 Å². The molecule has 0 heterocycles. The van der Waals surface area contributed by atoms with Crippen molar-refractivity contribution in [1.29, 1.82) is 0 Å². The Bertz CT molecular complexity index is 429. The average molecular weight is 237 g/mol. The lowest BCUT2D eigenvalue weighted by Crippen LogP contribution is -2.43. The molecule has 1 rings (SSSR count). The summed E-state index contributed by atoms with van der Waals surface area (Å²) >= 11 is 0. The number of nitrogens with one attached hydrogen (secondary N) is 1. The summed E-state index contributed by atoms with van der Waals surface area (Å²) in [5.41, 5.74) is 0.283. The first kappa shape index (κ1) is 12.7. The van der Waals surface area contributed by atoms with Gasteiger partial charge in [-0.05, 0) is 12.1 Å². The monoisotopic (exact) mass is 237 g/mol. The number of carbonyl (C=O) groups excluding carboxylic acids is 2. The van der Waals surface area contributed by atoms with E-state index in [0.29, 0.717) is 0 Å². The third kappa shape index (κ3) is 3.94. The van der Waals surface area contributed by atoms with Crippen LogP contribution >= 0.6 is 0 Å². The first-order chi connectivity index (χ1) is 8.00. The van der Waals surface area contributed by atoms with Crippen LogP contribution in [0.15, 0.2) is 30.3 Å². The molecule has 90 valence electrons. The second kappa shape index (κ2) is 5.64. The minimum Gasteiger partial charge on any atom is -0.477 e. The third-order valence-corrected chi connectivity index (χ3v) is 1.81. The maximum Gasteiger partial charge on any atom is 0.366 e. The second-order valence-electron chi connectivity index (χ2n) is 3.17. The average Bonchev–Trinajstić information content (AvgIpc) is 2.28. The molecule has 6 nitrogen and oxygen atoms in total.